The van der Waals surface area contributed by atoms with Crippen LogP contribution in [0.2, 0.25) is 0 Å². The van der Waals surface area contributed by atoms with Crippen molar-refractivity contribution in [1.29, 1.82) is 0 Å². The minimum absolute atomic E-state index is 0.292. The number of aliphatic carboxylic acids is 2. The molecule has 0 spiro atoms. The van der Waals surface area contributed by atoms with Gasteiger partial charge < -0.3 is 21.7 Å². The van der Waals surface area contributed by atoms with Gasteiger partial charge in [0.15, 0.2) is 0 Å². The van der Waals surface area contributed by atoms with Crippen molar-refractivity contribution in [3.05, 3.63) is 0 Å². The highest BCUT2D eigenvalue weighted by molar-refractivity contribution is 5.72. The van der Waals surface area contributed by atoms with Gasteiger partial charge in [0.05, 0.1) is 0 Å². The number of hydrogen-bond donors (Lipinski definition) is 4. The second-order valence-electron chi connectivity index (χ2n) is 2.67. The molecule has 0 aromatic rings. The van der Waals surface area contributed by atoms with Crippen LogP contribution in [0.15, 0.2) is 0 Å². The van der Waals surface area contributed by atoms with Gasteiger partial charge in [-0.3, -0.25) is 9.59 Å². The van der Waals surface area contributed by atoms with Crippen LogP contribution in [0.25, 0.3) is 0 Å². The summed E-state index contributed by atoms with van der Waals surface area (Å²) >= 11 is 0. The standard InChI is InChI=1S/C4H10N2O2.C4H8O2/c5-2-1-3(6)4(7)8;1-2-3-4(5)6/h3H,1-2,5-6H2,(H,7,8);2-3H2,1H3,(H,5,6). The molecule has 0 fully saturated rings. The van der Waals surface area contributed by atoms with Gasteiger partial charge in [-0.1, -0.05) is 6.92 Å². The number of nitrogens with two attached hydrogens (primary N) is 2. The van der Waals surface area contributed by atoms with Gasteiger partial charge in [0.2, 0.25) is 0 Å². The van der Waals surface area contributed by atoms with Gasteiger partial charge >= 0.3 is 11.9 Å². The molecule has 0 saturated heterocycles. The Hall–Kier alpha value is -1.14. The van der Waals surface area contributed by atoms with Crippen LogP contribution in [0, 0.1) is 0 Å². The third-order valence-corrected chi connectivity index (χ3v) is 1.26. The van der Waals surface area contributed by atoms with Gasteiger partial charge in [-0.05, 0) is 19.4 Å². The summed E-state index contributed by atoms with van der Waals surface area (Å²) in [5.41, 5.74) is 10.1. The first-order chi connectivity index (χ1) is 6.45. The highest BCUT2D eigenvalue weighted by Gasteiger charge is 2.07. The van der Waals surface area contributed by atoms with E-state index < -0.39 is 18.0 Å². The minimum Gasteiger partial charge on any atom is -0.481 e. The van der Waals surface area contributed by atoms with Gasteiger partial charge in [0.25, 0.3) is 0 Å². The van der Waals surface area contributed by atoms with Crippen molar-refractivity contribution in [3.8, 4) is 0 Å². The molecule has 1 atom stereocenters. The van der Waals surface area contributed by atoms with E-state index >= 15 is 0 Å². The molecule has 0 aliphatic carbocycles. The van der Waals surface area contributed by atoms with E-state index in [1.165, 1.54) is 0 Å². The zero-order chi connectivity index (χ0) is 11.6. The molecule has 84 valence electrons. The summed E-state index contributed by atoms with van der Waals surface area (Å²) in [6.45, 7) is 2.17. The van der Waals surface area contributed by atoms with E-state index in [0.29, 0.717) is 19.4 Å². The Morgan fingerprint density at radius 1 is 1.36 bits per heavy atom. The van der Waals surface area contributed by atoms with Gasteiger partial charge in [-0.25, -0.2) is 0 Å². The lowest BCUT2D eigenvalue weighted by Gasteiger charge is -2.00. The predicted molar refractivity (Wildman–Crippen MR) is 51.8 cm³/mol. The number of carbonyl (C=O) groups is 2. The summed E-state index contributed by atoms with van der Waals surface area (Å²) in [4.78, 5) is 19.5. The highest BCUT2D eigenvalue weighted by atomic mass is 16.4. The SMILES string of the molecule is CCCC(=O)O.NCCC(N)C(=O)O. The molecule has 0 rings (SSSR count). The number of carboxylic acid groups (broad SMARTS) is 2. The molecule has 0 bridgehead atoms. The summed E-state index contributed by atoms with van der Waals surface area (Å²) in [6, 6.07) is -0.792. The van der Waals surface area contributed by atoms with Crippen molar-refractivity contribution >= 4 is 11.9 Å². The third-order valence-electron chi connectivity index (χ3n) is 1.26. The Bertz CT molecular complexity index is 173. The first kappa shape index (κ1) is 15.3. The molecule has 0 saturated carbocycles. The van der Waals surface area contributed by atoms with Crippen molar-refractivity contribution in [2.75, 3.05) is 6.54 Å². The fraction of sp³-hybridized carbons (Fsp3) is 0.750. The maximum atomic E-state index is 9.91. The number of carboxylic acids is 2. The summed E-state index contributed by atoms with van der Waals surface area (Å²) in [7, 11) is 0. The maximum Gasteiger partial charge on any atom is 0.320 e. The Morgan fingerprint density at radius 3 is 1.93 bits per heavy atom. The fourth-order valence-electron chi connectivity index (χ4n) is 0.517. The summed E-state index contributed by atoms with van der Waals surface area (Å²) < 4.78 is 0. The first-order valence-electron chi connectivity index (χ1n) is 4.35. The lowest BCUT2D eigenvalue weighted by Crippen LogP contribution is -2.32. The van der Waals surface area contributed by atoms with E-state index in [1.807, 2.05) is 6.92 Å². The van der Waals surface area contributed by atoms with Crippen LogP contribution in [0.5, 0.6) is 0 Å². The molecule has 0 heterocycles. The molecule has 6 heteroatoms. The molecule has 6 nitrogen and oxygen atoms in total. The van der Waals surface area contributed by atoms with Crippen LogP contribution >= 0.6 is 0 Å². The normalized spacial score (nSPS) is 11.1. The predicted octanol–water partition coefficient (Wildman–Crippen LogP) is -0.382. The van der Waals surface area contributed by atoms with E-state index in [-0.39, 0.29) is 0 Å². The molecule has 14 heavy (non-hydrogen) atoms. The van der Waals surface area contributed by atoms with Crippen LogP contribution in [-0.2, 0) is 9.59 Å². The second-order valence-corrected chi connectivity index (χ2v) is 2.67. The van der Waals surface area contributed by atoms with E-state index in [2.05, 4.69) is 0 Å². The molecular weight excluding hydrogens is 188 g/mol. The molecule has 0 aliphatic rings. The Labute approximate surface area is 82.9 Å². The van der Waals surface area contributed by atoms with Crippen molar-refractivity contribution in [3.63, 3.8) is 0 Å². The molecule has 0 aromatic carbocycles. The Morgan fingerprint density at radius 2 is 1.86 bits per heavy atom. The van der Waals surface area contributed by atoms with Gasteiger partial charge in [-0.15, -0.1) is 0 Å². The molecular formula is C8H18N2O4. The molecule has 0 aromatic heterocycles. The lowest BCUT2D eigenvalue weighted by molar-refractivity contribution is -0.139. The topological polar surface area (TPSA) is 127 Å². The molecule has 1 unspecified atom stereocenters. The largest absolute Gasteiger partial charge is 0.481 e. The Kier molecular flexibility index (Phi) is 10.9. The summed E-state index contributed by atoms with van der Waals surface area (Å²) in [5.74, 6) is -1.70. The van der Waals surface area contributed by atoms with E-state index in [9.17, 15) is 9.59 Å². The molecule has 6 N–H and O–H groups in total. The van der Waals surface area contributed by atoms with Crippen LogP contribution in [0.3, 0.4) is 0 Å². The maximum absolute atomic E-state index is 9.91. The van der Waals surface area contributed by atoms with Gasteiger partial charge in [0.1, 0.15) is 6.04 Å². The average Bonchev–Trinajstić information content (AvgIpc) is 2.05. The summed E-state index contributed by atoms with van der Waals surface area (Å²) in [5, 5.41) is 16.0. The zero-order valence-electron chi connectivity index (χ0n) is 8.27. The summed E-state index contributed by atoms with van der Waals surface area (Å²) in [6.07, 6.45) is 1.37. The number of rotatable bonds is 5. The van der Waals surface area contributed by atoms with E-state index in [4.69, 9.17) is 21.7 Å². The van der Waals surface area contributed by atoms with Crippen molar-refractivity contribution in [2.45, 2.75) is 32.2 Å². The smallest absolute Gasteiger partial charge is 0.320 e. The van der Waals surface area contributed by atoms with E-state index in [0.717, 1.165) is 6.42 Å². The fourth-order valence-corrected chi connectivity index (χ4v) is 0.517. The third kappa shape index (κ3) is 13.4. The van der Waals surface area contributed by atoms with Crippen LogP contribution in [0.4, 0.5) is 0 Å². The van der Waals surface area contributed by atoms with Crippen LogP contribution < -0.4 is 11.5 Å². The van der Waals surface area contributed by atoms with Gasteiger partial charge in [0, 0.05) is 6.42 Å². The molecule has 0 radical (unpaired) electrons. The molecule has 0 amide bonds. The van der Waals surface area contributed by atoms with Crippen molar-refractivity contribution in [1.82, 2.24) is 0 Å². The van der Waals surface area contributed by atoms with Crippen LogP contribution in [0.1, 0.15) is 26.2 Å². The van der Waals surface area contributed by atoms with Crippen molar-refractivity contribution in [2.24, 2.45) is 11.5 Å². The molecule has 0 aliphatic heterocycles. The monoisotopic (exact) mass is 206 g/mol. The minimum atomic E-state index is -0.990. The van der Waals surface area contributed by atoms with Crippen LogP contribution in [-0.4, -0.2) is 34.7 Å². The second kappa shape index (κ2) is 9.94. The number of hydrogen-bond acceptors (Lipinski definition) is 4. The Balaban J connectivity index is 0. The zero-order valence-corrected chi connectivity index (χ0v) is 8.27. The van der Waals surface area contributed by atoms with Crippen molar-refractivity contribution < 1.29 is 19.8 Å². The lowest BCUT2D eigenvalue weighted by atomic mass is 10.2. The van der Waals surface area contributed by atoms with Gasteiger partial charge in [-0.2, -0.15) is 0 Å². The first-order valence-corrected chi connectivity index (χ1v) is 4.35. The highest BCUT2D eigenvalue weighted by Crippen LogP contribution is 1.82. The van der Waals surface area contributed by atoms with E-state index in [1.54, 1.807) is 0 Å². The quantitative estimate of drug-likeness (QED) is 0.485. The average molecular weight is 206 g/mol.